The Balaban J connectivity index is 1.81. The summed E-state index contributed by atoms with van der Waals surface area (Å²) < 4.78 is 45.3. The molecule has 10 heteroatoms. The monoisotopic (exact) mass is 484 g/mol. The number of hydrogen-bond acceptors (Lipinski definition) is 4. The van der Waals surface area contributed by atoms with E-state index >= 15 is 0 Å². The third-order valence-electron chi connectivity index (χ3n) is 3.66. The lowest BCUT2D eigenvalue weighted by atomic mass is 10.2. The topological polar surface area (TPSA) is 84.5 Å². The van der Waals surface area contributed by atoms with Crippen LogP contribution in [0, 0.1) is 17.5 Å². The largest absolute Gasteiger partial charge is 0.449 e. The van der Waals surface area contributed by atoms with E-state index in [-0.39, 0.29) is 0 Å². The van der Waals surface area contributed by atoms with Crippen LogP contribution in [-0.4, -0.2) is 30.4 Å². The molecule has 0 heterocycles. The number of carbonyl (C=O) groups excluding carboxylic acids is 3. The van der Waals surface area contributed by atoms with Crippen molar-refractivity contribution in [1.29, 1.82) is 0 Å². The zero-order valence-electron chi connectivity index (χ0n) is 15.5. The van der Waals surface area contributed by atoms with Gasteiger partial charge in [-0.05, 0) is 42.8 Å². The molecule has 0 aromatic heterocycles. The van der Waals surface area contributed by atoms with Gasteiger partial charge in [0.1, 0.15) is 0 Å². The van der Waals surface area contributed by atoms with Gasteiger partial charge < -0.3 is 15.4 Å². The van der Waals surface area contributed by atoms with E-state index in [4.69, 9.17) is 4.74 Å². The molecule has 0 bridgehead atoms. The zero-order chi connectivity index (χ0) is 22.3. The van der Waals surface area contributed by atoms with Crippen molar-refractivity contribution < 1.29 is 32.3 Å². The van der Waals surface area contributed by atoms with E-state index in [1.807, 2.05) is 11.4 Å². The van der Waals surface area contributed by atoms with Crippen LogP contribution in [0.2, 0.25) is 0 Å². The SMILES string of the molecule is C[C@H](OC(=O)/C=C/c1cccc(Br)c1)C(=O)NCC(=O)Nc1ccc(F)c(F)c1F. The number of nitrogens with one attached hydrogen (secondary N) is 2. The fourth-order valence-corrected chi connectivity index (χ4v) is 2.59. The minimum Gasteiger partial charge on any atom is -0.449 e. The molecule has 1 atom stereocenters. The Morgan fingerprint density at radius 3 is 2.57 bits per heavy atom. The normalized spacial score (nSPS) is 11.8. The second-order valence-corrected chi connectivity index (χ2v) is 6.87. The van der Waals surface area contributed by atoms with Gasteiger partial charge in [-0.2, -0.15) is 0 Å². The van der Waals surface area contributed by atoms with Gasteiger partial charge in [0.05, 0.1) is 12.2 Å². The third kappa shape index (κ3) is 6.73. The molecule has 0 fully saturated rings. The highest BCUT2D eigenvalue weighted by molar-refractivity contribution is 9.10. The van der Waals surface area contributed by atoms with Gasteiger partial charge in [-0.25, -0.2) is 18.0 Å². The minimum atomic E-state index is -1.73. The molecule has 2 aromatic rings. The first kappa shape index (κ1) is 23.1. The number of ether oxygens (including phenoxy) is 1. The molecule has 0 aliphatic heterocycles. The Morgan fingerprint density at radius 1 is 1.13 bits per heavy atom. The third-order valence-corrected chi connectivity index (χ3v) is 4.15. The van der Waals surface area contributed by atoms with E-state index < -0.39 is 53.6 Å². The molecule has 0 unspecified atom stereocenters. The predicted octanol–water partition coefficient (Wildman–Crippen LogP) is 3.57. The van der Waals surface area contributed by atoms with Gasteiger partial charge in [0, 0.05) is 10.5 Å². The average Bonchev–Trinajstić information content (AvgIpc) is 2.71. The van der Waals surface area contributed by atoms with Crippen molar-refractivity contribution in [3.05, 3.63) is 70.0 Å². The molecule has 2 amide bonds. The lowest BCUT2D eigenvalue weighted by molar-refractivity contribution is -0.150. The van der Waals surface area contributed by atoms with Gasteiger partial charge in [0.25, 0.3) is 5.91 Å². The lowest BCUT2D eigenvalue weighted by Crippen LogP contribution is -2.40. The number of halogens is 4. The van der Waals surface area contributed by atoms with Crippen LogP contribution in [0.3, 0.4) is 0 Å². The van der Waals surface area contributed by atoms with Crippen molar-refractivity contribution in [3.8, 4) is 0 Å². The van der Waals surface area contributed by atoms with E-state index in [9.17, 15) is 27.6 Å². The summed E-state index contributed by atoms with van der Waals surface area (Å²) in [4.78, 5) is 35.5. The van der Waals surface area contributed by atoms with Crippen molar-refractivity contribution in [2.24, 2.45) is 0 Å². The first-order chi connectivity index (χ1) is 14.2. The molecule has 2 rings (SSSR count). The number of benzene rings is 2. The molecule has 6 nitrogen and oxygen atoms in total. The van der Waals surface area contributed by atoms with Crippen molar-refractivity contribution in [3.63, 3.8) is 0 Å². The van der Waals surface area contributed by atoms with Crippen molar-refractivity contribution in [2.45, 2.75) is 13.0 Å². The summed E-state index contributed by atoms with van der Waals surface area (Å²) >= 11 is 3.30. The van der Waals surface area contributed by atoms with Gasteiger partial charge in [-0.1, -0.05) is 28.1 Å². The molecular weight excluding hydrogens is 469 g/mol. The molecule has 2 aromatic carbocycles. The smallest absolute Gasteiger partial charge is 0.331 e. The van der Waals surface area contributed by atoms with Gasteiger partial charge >= 0.3 is 5.97 Å². The summed E-state index contributed by atoms with van der Waals surface area (Å²) in [5.74, 6) is -7.13. The van der Waals surface area contributed by atoms with Gasteiger partial charge in [-0.3, -0.25) is 9.59 Å². The Hall–Kier alpha value is -3.14. The van der Waals surface area contributed by atoms with Gasteiger partial charge in [-0.15, -0.1) is 0 Å². The highest BCUT2D eigenvalue weighted by Gasteiger charge is 2.19. The summed E-state index contributed by atoms with van der Waals surface area (Å²) in [6.07, 6.45) is 1.43. The predicted molar refractivity (Wildman–Crippen MR) is 107 cm³/mol. The van der Waals surface area contributed by atoms with Crippen LogP contribution < -0.4 is 10.6 Å². The zero-order valence-corrected chi connectivity index (χ0v) is 17.1. The van der Waals surface area contributed by atoms with Crippen LogP contribution >= 0.6 is 15.9 Å². The summed E-state index contributed by atoms with van der Waals surface area (Å²) in [7, 11) is 0. The van der Waals surface area contributed by atoms with E-state index in [0.717, 1.165) is 22.2 Å². The second kappa shape index (κ2) is 10.6. The van der Waals surface area contributed by atoms with Gasteiger partial charge in [0.15, 0.2) is 23.6 Å². The Morgan fingerprint density at radius 2 is 1.87 bits per heavy atom. The Kier molecular flexibility index (Phi) is 8.16. The van der Waals surface area contributed by atoms with E-state index in [1.165, 1.54) is 13.0 Å². The molecule has 0 saturated carbocycles. The maximum Gasteiger partial charge on any atom is 0.331 e. The summed E-state index contributed by atoms with van der Waals surface area (Å²) in [6.45, 7) is 0.695. The summed E-state index contributed by atoms with van der Waals surface area (Å²) in [5.41, 5.74) is 0.157. The van der Waals surface area contributed by atoms with Crippen LogP contribution in [0.5, 0.6) is 0 Å². The Labute approximate surface area is 178 Å². The average molecular weight is 485 g/mol. The fourth-order valence-electron chi connectivity index (χ4n) is 2.17. The van der Waals surface area contributed by atoms with Crippen molar-refractivity contribution in [2.75, 3.05) is 11.9 Å². The highest BCUT2D eigenvalue weighted by atomic mass is 79.9. The van der Waals surface area contributed by atoms with Crippen molar-refractivity contribution >= 4 is 45.5 Å². The molecular formula is C20H16BrF3N2O4. The lowest BCUT2D eigenvalue weighted by Gasteiger charge is -2.12. The van der Waals surface area contributed by atoms with Crippen LogP contribution in [0.4, 0.5) is 18.9 Å². The molecule has 2 N–H and O–H groups in total. The van der Waals surface area contributed by atoms with E-state index in [1.54, 1.807) is 18.2 Å². The van der Waals surface area contributed by atoms with E-state index in [0.29, 0.717) is 6.07 Å². The molecule has 0 radical (unpaired) electrons. The highest BCUT2D eigenvalue weighted by Crippen LogP contribution is 2.19. The van der Waals surface area contributed by atoms with Gasteiger partial charge in [0.2, 0.25) is 5.91 Å². The molecule has 158 valence electrons. The fraction of sp³-hybridized carbons (Fsp3) is 0.150. The maximum atomic E-state index is 13.5. The number of amides is 2. The summed E-state index contributed by atoms with van der Waals surface area (Å²) in [5, 5.41) is 4.18. The molecule has 0 aliphatic rings. The standard InChI is InChI=1S/C20H16BrF3N2O4/c1-11(30-17(28)8-5-12-3-2-4-13(21)9-12)20(29)25-10-16(27)26-15-7-6-14(22)18(23)19(15)24/h2-9,11H,10H2,1H3,(H,25,29)(H,26,27)/b8-5+/t11-/m0/s1. The number of carbonyl (C=O) groups is 3. The molecule has 30 heavy (non-hydrogen) atoms. The molecule has 0 aliphatic carbocycles. The van der Waals surface area contributed by atoms with Crippen LogP contribution in [0.1, 0.15) is 12.5 Å². The van der Waals surface area contributed by atoms with Crippen molar-refractivity contribution in [1.82, 2.24) is 5.32 Å². The van der Waals surface area contributed by atoms with Crippen LogP contribution in [0.25, 0.3) is 6.08 Å². The molecule has 0 spiro atoms. The first-order valence-corrected chi connectivity index (χ1v) is 9.32. The number of anilines is 1. The minimum absolute atomic E-state index is 0.578. The Bertz CT molecular complexity index is 998. The maximum absolute atomic E-state index is 13.5. The van der Waals surface area contributed by atoms with E-state index in [2.05, 4.69) is 21.2 Å². The van der Waals surface area contributed by atoms with Crippen LogP contribution in [-0.2, 0) is 19.1 Å². The first-order valence-electron chi connectivity index (χ1n) is 8.52. The number of hydrogen-bond donors (Lipinski definition) is 2. The van der Waals surface area contributed by atoms with Crippen LogP contribution in [0.15, 0.2) is 46.9 Å². The summed E-state index contributed by atoms with van der Waals surface area (Å²) in [6, 6.07) is 8.63. The second-order valence-electron chi connectivity index (χ2n) is 5.96. The number of rotatable bonds is 7. The number of esters is 1. The molecule has 0 saturated heterocycles. The quantitative estimate of drug-likeness (QED) is 0.357.